The monoisotopic (exact) mass is 444 g/mol. The average Bonchev–Trinajstić information content (AvgIpc) is 2.70. The molecule has 1 fully saturated rings. The molecular weight excluding hydrogens is 427 g/mol. The molecule has 2 aromatic carbocycles. The lowest BCUT2D eigenvalue weighted by molar-refractivity contribution is 0.0303. The second-order valence-corrected chi connectivity index (χ2v) is 8.49. The third-order valence-corrected chi connectivity index (χ3v) is 6.30. The van der Waals surface area contributed by atoms with Crippen molar-refractivity contribution in [2.75, 3.05) is 38.1 Å². The molecule has 0 aliphatic carbocycles. The van der Waals surface area contributed by atoms with Gasteiger partial charge in [0.2, 0.25) is 0 Å². The molecule has 1 heterocycles. The van der Waals surface area contributed by atoms with Crippen LogP contribution in [0, 0.1) is 0 Å². The summed E-state index contributed by atoms with van der Waals surface area (Å²) in [5, 5.41) is 0.358. The van der Waals surface area contributed by atoms with Gasteiger partial charge in [-0.25, -0.2) is 8.42 Å². The van der Waals surface area contributed by atoms with Gasteiger partial charge in [0.05, 0.1) is 46.5 Å². The maximum absolute atomic E-state index is 13.0. The van der Waals surface area contributed by atoms with E-state index in [1.54, 1.807) is 11.0 Å². The lowest BCUT2D eigenvalue weighted by Crippen LogP contribution is -2.41. The number of amides is 1. The summed E-state index contributed by atoms with van der Waals surface area (Å²) in [5.74, 6) is 0.128. The van der Waals surface area contributed by atoms with Crippen LogP contribution < -0.4 is 9.46 Å². The van der Waals surface area contributed by atoms with Crippen LogP contribution in [0.1, 0.15) is 10.4 Å². The van der Waals surface area contributed by atoms with Gasteiger partial charge < -0.3 is 14.4 Å². The molecule has 0 aromatic heterocycles. The Morgan fingerprint density at radius 1 is 1.11 bits per heavy atom. The van der Waals surface area contributed by atoms with Crippen LogP contribution in [0.5, 0.6) is 5.75 Å². The van der Waals surface area contributed by atoms with Gasteiger partial charge >= 0.3 is 0 Å². The highest BCUT2D eigenvalue weighted by molar-refractivity contribution is 7.92. The number of rotatable bonds is 5. The largest absolute Gasteiger partial charge is 0.497 e. The van der Waals surface area contributed by atoms with Crippen LogP contribution >= 0.6 is 23.2 Å². The molecule has 1 aliphatic heterocycles. The first-order valence-corrected chi connectivity index (χ1v) is 10.6. The molecule has 0 bridgehead atoms. The van der Waals surface area contributed by atoms with Gasteiger partial charge in [-0.05, 0) is 36.4 Å². The molecule has 0 saturated carbocycles. The Kier molecular flexibility index (Phi) is 6.34. The first-order chi connectivity index (χ1) is 13.3. The summed E-state index contributed by atoms with van der Waals surface area (Å²) in [5.41, 5.74) is 0.327. The summed E-state index contributed by atoms with van der Waals surface area (Å²) >= 11 is 11.8. The number of morpholine rings is 1. The Hall–Kier alpha value is -2.00. The lowest BCUT2D eigenvalue weighted by atomic mass is 10.1. The molecule has 1 N–H and O–H groups in total. The minimum Gasteiger partial charge on any atom is -0.497 e. The van der Waals surface area contributed by atoms with Crippen molar-refractivity contribution in [2.45, 2.75) is 4.90 Å². The minimum absolute atomic E-state index is 0.0671. The first-order valence-electron chi connectivity index (χ1n) is 8.35. The normalized spacial score (nSPS) is 14.6. The Labute approximate surface area is 173 Å². The summed E-state index contributed by atoms with van der Waals surface area (Å²) in [6.45, 7) is 1.71. The average molecular weight is 445 g/mol. The van der Waals surface area contributed by atoms with Gasteiger partial charge in [-0.2, -0.15) is 0 Å². The second-order valence-electron chi connectivity index (χ2n) is 6.00. The van der Waals surface area contributed by atoms with E-state index in [9.17, 15) is 13.2 Å². The SMILES string of the molecule is COc1ccc(NS(=O)(=O)c2ccc(Cl)c(Cl)c2)c(C(=O)N2CCOCC2)c1. The van der Waals surface area contributed by atoms with Crippen LogP contribution in [0.15, 0.2) is 41.3 Å². The Morgan fingerprint density at radius 2 is 1.82 bits per heavy atom. The Bertz CT molecular complexity index is 991. The fourth-order valence-corrected chi connectivity index (χ4v) is 4.17. The van der Waals surface area contributed by atoms with Gasteiger partial charge in [0.25, 0.3) is 15.9 Å². The predicted molar refractivity (Wildman–Crippen MR) is 107 cm³/mol. The van der Waals surface area contributed by atoms with Crippen molar-refractivity contribution in [3.05, 3.63) is 52.0 Å². The molecule has 0 spiro atoms. The van der Waals surface area contributed by atoms with Crippen molar-refractivity contribution in [2.24, 2.45) is 0 Å². The van der Waals surface area contributed by atoms with Gasteiger partial charge in [0.1, 0.15) is 5.75 Å². The van der Waals surface area contributed by atoms with Crippen LogP contribution in [0.4, 0.5) is 5.69 Å². The van der Waals surface area contributed by atoms with Gasteiger partial charge in [0.15, 0.2) is 0 Å². The van der Waals surface area contributed by atoms with Gasteiger partial charge in [-0.15, -0.1) is 0 Å². The van der Waals surface area contributed by atoms with Crippen molar-refractivity contribution >= 4 is 44.8 Å². The molecule has 150 valence electrons. The summed E-state index contributed by atoms with van der Waals surface area (Å²) in [6.07, 6.45) is 0. The Morgan fingerprint density at radius 3 is 2.46 bits per heavy atom. The number of sulfonamides is 1. The number of nitrogens with one attached hydrogen (secondary N) is 1. The molecule has 0 radical (unpaired) electrons. The zero-order chi connectivity index (χ0) is 20.3. The van der Waals surface area contributed by atoms with Crippen molar-refractivity contribution in [3.8, 4) is 5.75 Å². The van der Waals surface area contributed by atoms with E-state index >= 15 is 0 Å². The molecule has 10 heteroatoms. The highest BCUT2D eigenvalue weighted by Crippen LogP contribution is 2.29. The third kappa shape index (κ3) is 4.52. The quantitative estimate of drug-likeness (QED) is 0.764. The van der Waals surface area contributed by atoms with Crippen LogP contribution in [-0.4, -0.2) is 52.6 Å². The zero-order valence-corrected chi connectivity index (χ0v) is 17.3. The van der Waals surface area contributed by atoms with Crippen molar-refractivity contribution in [1.29, 1.82) is 0 Å². The fourth-order valence-electron chi connectivity index (χ4n) is 2.70. The number of hydrogen-bond donors (Lipinski definition) is 1. The number of halogens is 2. The van der Waals surface area contributed by atoms with Crippen LogP contribution in [0.25, 0.3) is 0 Å². The van der Waals surface area contributed by atoms with Crippen LogP contribution in [-0.2, 0) is 14.8 Å². The molecule has 0 atom stereocenters. The number of nitrogens with zero attached hydrogens (tertiary/aromatic N) is 1. The third-order valence-electron chi connectivity index (χ3n) is 4.20. The zero-order valence-electron chi connectivity index (χ0n) is 14.9. The van der Waals surface area contributed by atoms with E-state index in [-0.39, 0.29) is 32.1 Å². The number of ether oxygens (including phenoxy) is 2. The number of methoxy groups -OCH3 is 1. The number of carbonyl (C=O) groups excluding carboxylic acids is 1. The van der Waals surface area contributed by atoms with Crippen molar-refractivity contribution in [3.63, 3.8) is 0 Å². The lowest BCUT2D eigenvalue weighted by Gasteiger charge is -2.27. The van der Waals surface area contributed by atoms with Gasteiger partial charge in [0, 0.05) is 13.1 Å². The molecule has 0 unspecified atom stereocenters. The molecule has 1 aliphatic rings. The summed E-state index contributed by atoms with van der Waals surface area (Å²) in [6, 6.07) is 8.55. The maximum Gasteiger partial charge on any atom is 0.261 e. The van der Waals surface area contributed by atoms with E-state index in [0.717, 1.165) is 0 Å². The molecular formula is C18H18Cl2N2O5S. The standard InChI is InChI=1S/C18H18Cl2N2O5S/c1-26-12-2-5-17(14(10-12)18(23)22-6-8-27-9-7-22)21-28(24,25)13-3-4-15(19)16(20)11-13/h2-5,10-11,21H,6-9H2,1H3. The van der Waals surface area contributed by atoms with E-state index < -0.39 is 10.0 Å². The molecule has 1 saturated heterocycles. The van der Waals surface area contributed by atoms with Crippen molar-refractivity contribution < 1.29 is 22.7 Å². The van der Waals surface area contributed by atoms with E-state index in [1.807, 2.05) is 0 Å². The molecule has 3 rings (SSSR count). The first kappa shape index (κ1) is 20.7. The van der Waals surface area contributed by atoms with E-state index in [0.29, 0.717) is 32.1 Å². The van der Waals surface area contributed by atoms with Crippen LogP contribution in [0.2, 0.25) is 10.0 Å². The number of hydrogen-bond acceptors (Lipinski definition) is 5. The summed E-state index contributed by atoms with van der Waals surface area (Å²) in [7, 11) is -2.52. The van der Waals surface area contributed by atoms with E-state index in [4.69, 9.17) is 32.7 Å². The topological polar surface area (TPSA) is 84.9 Å². The smallest absolute Gasteiger partial charge is 0.261 e. The van der Waals surface area contributed by atoms with Crippen LogP contribution in [0.3, 0.4) is 0 Å². The fraction of sp³-hybridized carbons (Fsp3) is 0.278. The minimum atomic E-state index is -3.99. The highest BCUT2D eigenvalue weighted by Gasteiger charge is 2.24. The summed E-state index contributed by atoms with van der Waals surface area (Å²) < 4.78 is 38.5. The maximum atomic E-state index is 13.0. The molecule has 7 nitrogen and oxygen atoms in total. The second kappa shape index (κ2) is 8.57. The summed E-state index contributed by atoms with van der Waals surface area (Å²) in [4.78, 5) is 14.5. The van der Waals surface area contributed by atoms with Gasteiger partial charge in [-0.1, -0.05) is 23.2 Å². The number of anilines is 1. The number of carbonyl (C=O) groups is 1. The number of benzene rings is 2. The highest BCUT2D eigenvalue weighted by atomic mass is 35.5. The molecule has 2 aromatic rings. The van der Waals surface area contributed by atoms with Crippen molar-refractivity contribution in [1.82, 2.24) is 4.90 Å². The van der Waals surface area contributed by atoms with Gasteiger partial charge in [-0.3, -0.25) is 9.52 Å². The predicted octanol–water partition coefficient (Wildman–Crippen LogP) is 3.28. The van der Waals surface area contributed by atoms with E-state index in [1.165, 1.54) is 37.4 Å². The Balaban J connectivity index is 1.96. The molecule has 28 heavy (non-hydrogen) atoms. The van der Waals surface area contributed by atoms with E-state index in [2.05, 4.69) is 4.72 Å². The molecule has 1 amide bonds.